The lowest BCUT2D eigenvalue weighted by molar-refractivity contribution is 0.318. The highest BCUT2D eigenvalue weighted by Crippen LogP contribution is 2.31. The fourth-order valence-electron chi connectivity index (χ4n) is 2.38. The first kappa shape index (κ1) is 13.2. The molecule has 0 aliphatic heterocycles. The number of benzene rings is 1. The van der Waals surface area contributed by atoms with Crippen LogP contribution in [0, 0.1) is 11.3 Å². The van der Waals surface area contributed by atoms with E-state index in [0.717, 1.165) is 30.3 Å². The number of hydrogen-bond donors (Lipinski definition) is 2. The molecule has 0 unspecified atom stereocenters. The van der Waals surface area contributed by atoms with E-state index in [0.29, 0.717) is 5.02 Å². The molecule has 4 heteroatoms. The summed E-state index contributed by atoms with van der Waals surface area (Å²) in [4.78, 5) is 2.30. The quantitative estimate of drug-likeness (QED) is 0.634. The van der Waals surface area contributed by atoms with Crippen molar-refractivity contribution < 1.29 is 0 Å². The zero-order valence-corrected chi connectivity index (χ0v) is 11.5. The summed E-state index contributed by atoms with van der Waals surface area (Å²) < 4.78 is 0. The van der Waals surface area contributed by atoms with Gasteiger partial charge in [0.15, 0.2) is 0 Å². The molecule has 0 amide bonds. The van der Waals surface area contributed by atoms with Gasteiger partial charge in [-0.1, -0.05) is 18.0 Å². The fraction of sp³-hybridized carbons (Fsp3) is 0.500. The Morgan fingerprint density at radius 2 is 2.22 bits per heavy atom. The Labute approximate surface area is 113 Å². The Kier molecular flexibility index (Phi) is 4.12. The Bertz CT molecular complexity index is 441. The smallest absolute Gasteiger partial charge is 0.124 e. The van der Waals surface area contributed by atoms with Gasteiger partial charge in [0.05, 0.1) is 0 Å². The topological polar surface area (TPSA) is 53.1 Å². The van der Waals surface area contributed by atoms with E-state index in [4.69, 9.17) is 22.7 Å². The van der Waals surface area contributed by atoms with Crippen molar-refractivity contribution in [1.29, 1.82) is 5.41 Å². The van der Waals surface area contributed by atoms with Crippen molar-refractivity contribution in [3.05, 3.63) is 28.8 Å². The van der Waals surface area contributed by atoms with E-state index < -0.39 is 0 Å². The Balaban J connectivity index is 2.25. The lowest BCUT2D eigenvalue weighted by Crippen LogP contribution is -2.33. The maximum absolute atomic E-state index is 7.68. The van der Waals surface area contributed by atoms with Crippen molar-refractivity contribution in [1.82, 2.24) is 0 Å². The van der Waals surface area contributed by atoms with E-state index in [1.165, 1.54) is 19.3 Å². The molecule has 1 aromatic carbocycles. The van der Waals surface area contributed by atoms with E-state index >= 15 is 0 Å². The number of nitrogens with two attached hydrogens (primary N) is 1. The third kappa shape index (κ3) is 2.78. The number of hydrogen-bond acceptors (Lipinski definition) is 2. The second kappa shape index (κ2) is 5.61. The summed E-state index contributed by atoms with van der Waals surface area (Å²) in [5.41, 5.74) is 7.42. The van der Waals surface area contributed by atoms with Crippen LogP contribution in [0.15, 0.2) is 18.2 Å². The summed E-state index contributed by atoms with van der Waals surface area (Å²) in [5.74, 6) is 0.875. The fourth-order valence-corrected chi connectivity index (χ4v) is 2.56. The zero-order valence-electron chi connectivity index (χ0n) is 10.7. The minimum atomic E-state index is 0.0829. The Hall–Kier alpha value is -1.22. The zero-order chi connectivity index (χ0) is 13.1. The number of nitrogens with one attached hydrogen (secondary N) is 1. The molecule has 0 bridgehead atoms. The average molecular weight is 266 g/mol. The predicted molar refractivity (Wildman–Crippen MR) is 77.7 cm³/mol. The average Bonchev–Trinajstić information content (AvgIpc) is 2.28. The van der Waals surface area contributed by atoms with E-state index in [9.17, 15) is 0 Å². The van der Waals surface area contributed by atoms with Gasteiger partial charge >= 0.3 is 0 Å². The van der Waals surface area contributed by atoms with E-state index in [1.54, 1.807) is 6.07 Å². The second-order valence-electron chi connectivity index (χ2n) is 4.91. The van der Waals surface area contributed by atoms with Gasteiger partial charge < -0.3 is 10.6 Å². The van der Waals surface area contributed by atoms with Gasteiger partial charge in [0.2, 0.25) is 0 Å². The van der Waals surface area contributed by atoms with Crippen LogP contribution in [-0.4, -0.2) is 18.9 Å². The van der Waals surface area contributed by atoms with Crippen molar-refractivity contribution in [2.75, 3.05) is 18.0 Å². The summed E-state index contributed by atoms with van der Waals surface area (Å²) in [6, 6.07) is 5.62. The minimum Gasteiger partial charge on any atom is -0.384 e. The summed E-state index contributed by atoms with van der Waals surface area (Å²) in [5, 5.41) is 8.30. The van der Waals surface area contributed by atoms with Crippen LogP contribution in [0.5, 0.6) is 0 Å². The molecule has 0 spiro atoms. The third-order valence-corrected chi connectivity index (χ3v) is 3.91. The van der Waals surface area contributed by atoms with E-state index in [2.05, 4.69) is 11.8 Å². The van der Waals surface area contributed by atoms with Crippen molar-refractivity contribution in [3.63, 3.8) is 0 Å². The number of rotatable bonds is 5. The third-order valence-electron chi connectivity index (χ3n) is 3.67. The van der Waals surface area contributed by atoms with Crippen LogP contribution in [0.4, 0.5) is 5.69 Å². The van der Waals surface area contributed by atoms with Crippen LogP contribution in [0.2, 0.25) is 5.02 Å². The van der Waals surface area contributed by atoms with E-state index in [1.807, 2.05) is 12.1 Å². The number of halogens is 1. The highest BCUT2D eigenvalue weighted by molar-refractivity contribution is 6.31. The molecular formula is C14H20ClN3. The number of anilines is 1. The molecule has 3 N–H and O–H groups in total. The van der Waals surface area contributed by atoms with Gasteiger partial charge in [-0.15, -0.1) is 0 Å². The summed E-state index contributed by atoms with van der Waals surface area (Å²) in [7, 11) is 0. The van der Waals surface area contributed by atoms with Crippen LogP contribution in [0.3, 0.4) is 0 Å². The largest absolute Gasteiger partial charge is 0.384 e. The van der Waals surface area contributed by atoms with Crippen LogP contribution >= 0.6 is 11.6 Å². The first-order valence-corrected chi connectivity index (χ1v) is 6.88. The van der Waals surface area contributed by atoms with Gasteiger partial charge in [-0.2, -0.15) is 0 Å². The molecule has 0 saturated heterocycles. The predicted octanol–water partition coefficient (Wildman–Crippen LogP) is 3.25. The molecule has 1 aromatic rings. The molecule has 1 aliphatic rings. The monoisotopic (exact) mass is 265 g/mol. The second-order valence-corrected chi connectivity index (χ2v) is 5.35. The molecule has 3 nitrogen and oxygen atoms in total. The SMILES string of the molecule is CCN(CC1CCC1)c1ccc(Cl)cc1C(=N)N. The molecule has 1 fully saturated rings. The molecule has 0 heterocycles. The molecule has 0 radical (unpaired) electrons. The van der Waals surface area contributed by atoms with Crippen molar-refractivity contribution in [3.8, 4) is 0 Å². The van der Waals surface area contributed by atoms with Crippen molar-refractivity contribution >= 4 is 23.1 Å². The molecule has 98 valence electrons. The molecule has 2 rings (SSSR count). The molecule has 1 aliphatic carbocycles. The lowest BCUT2D eigenvalue weighted by atomic mass is 9.85. The van der Waals surface area contributed by atoms with Crippen molar-refractivity contribution in [2.45, 2.75) is 26.2 Å². The summed E-state index contributed by atoms with van der Waals surface area (Å²) >= 11 is 5.98. The van der Waals surface area contributed by atoms with Gasteiger partial charge in [0.1, 0.15) is 5.84 Å². The van der Waals surface area contributed by atoms with Crippen LogP contribution in [0.25, 0.3) is 0 Å². The normalized spacial score (nSPS) is 15.2. The highest BCUT2D eigenvalue weighted by Gasteiger charge is 2.21. The number of amidine groups is 1. The van der Waals surface area contributed by atoms with Gasteiger partial charge in [-0.3, -0.25) is 5.41 Å². The summed E-state index contributed by atoms with van der Waals surface area (Å²) in [6.45, 7) is 4.12. The molecule has 0 atom stereocenters. The minimum absolute atomic E-state index is 0.0829. The Morgan fingerprint density at radius 3 is 2.72 bits per heavy atom. The maximum atomic E-state index is 7.68. The first-order chi connectivity index (χ1) is 8.61. The van der Waals surface area contributed by atoms with Crippen molar-refractivity contribution in [2.24, 2.45) is 11.7 Å². The van der Waals surface area contributed by atoms with Crippen LogP contribution in [-0.2, 0) is 0 Å². The number of nitrogen functional groups attached to an aromatic ring is 1. The Morgan fingerprint density at radius 1 is 1.50 bits per heavy atom. The van der Waals surface area contributed by atoms with Gasteiger partial charge in [0.25, 0.3) is 0 Å². The standard InChI is InChI=1S/C14H20ClN3/c1-2-18(9-10-4-3-5-10)13-7-6-11(15)8-12(13)14(16)17/h6-8,10H,2-5,9H2,1H3,(H3,16,17). The maximum Gasteiger partial charge on any atom is 0.124 e. The molecule has 0 aromatic heterocycles. The van der Waals surface area contributed by atoms with Crippen LogP contribution in [0.1, 0.15) is 31.7 Å². The summed E-state index contributed by atoms with van der Waals surface area (Å²) in [6.07, 6.45) is 3.99. The molecular weight excluding hydrogens is 246 g/mol. The first-order valence-electron chi connectivity index (χ1n) is 6.50. The number of nitrogens with zero attached hydrogens (tertiary/aromatic N) is 1. The molecule has 18 heavy (non-hydrogen) atoms. The highest BCUT2D eigenvalue weighted by atomic mass is 35.5. The lowest BCUT2D eigenvalue weighted by Gasteiger charge is -2.34. The van der Waals surface area contributed by atoms with E-state index in [-0.39, 0.29) is 5.84 Å². The van der Waals surface area contributed by atoms with Crippen LogP contribution < -0.4 is 10.6 Å². The van der Waals surface area contributed by atoms with Gasteiger partial charge in [0, 0.05) is 29.4 Å². The van der Waals surface area contributed by atoms with Gasteiger partial charge in [-0.05, 0) is 43.9 Å². The van der Waals surface area contributed by atoms with Gasteiger partial charge in [-0.25, -0.2) is 0 Å². The molecule has 1 saturated carbocycles.